The van der Waals surface area contributed by atoms with Gasteiger partial charge in [0, 0.05) is 12.5 Å². The predicted octanol–water partition coefficient (Wildman–Crippen LogP) is 1.32. The molecule has 0 spiro atoms. The molecule has 0 radical (unpaired) electrons. The molecule has 2 atom stereocenters. The lowest BCUT2D eigenvalue weighted by atomic mass is 10.1. The minimum Gasteiger partial charge on any atom is -0.330 e. The molecule has 16 heavy (non-hydrogen) atoms. The zero-order valence-corrected chi connectivity index (χ0v) is 9.97. The molecule has 5 nitrogen and oxygen atoms in total. The Balaban J connectivity index is 1.96. The highest BCUT2D eigenvalue weighted by atomic mass is 15.5. The maximum Gasteiger partial charge on any atom is 0.154 e. The standard InChI is InChI=1S/C11H21N5/c1-9-4-5-10(8-9)11-13-14-15-16(11)7-3-2-6-12/h9-10H,2-8,12H2,1H3. The largest absolute Gasteiger partial charge is 0.330 e. The number of nitrogens with two attached hydrogens (primary N) is 1. The molecule has 1 aliphatic carbocycles. The van der Waals surface area contributed by atoms with Gasteiger partial charge in [-0.15, -0.1) is 5.10 Å². The lowest BCUT2D eigenvalue weighted by molar-refractivity contribution is 0.495. The number of unbranched alkanes of at least 4 members (excludes halogenated alkanes) is 1. The van der Waals surface area contributed by atoms with Crippen LogP contribution in [0.5, 0.6) is 0 Å². The highest BCUT2D eigenvalue weighted by Gasteiger charge is 2.27. The van der Waals surface area contributed by atoms with Gasteiger partial charge in [0.1, 0.15) is 0 Å². The zero-order chi connectivity index (χ0) is 11.4. The number of aryl methyl sites for hydroxylation is 1. The Morgan fingerprint density at radius 1 is 1.38 bits per heavy atom. The second kappa shape index (κ2) is 5.39. The summed E-state index contributed by atoms with van der Waals surface area (Å²) in [6.45, 7) is 3.96. The van der Waals surface area contributed by atoms with Gasteiger partial charge in [0.05, 0.1) is 0 Å². The van der Waals surface area contributed by atoms with Gasteiger partial charge in [0.25, 0.3) is 0 Å². The summed E-state index contributed by atoms with van der Waals surface area (Å²) < 4.78 is 1.97. The lowest BCUT2D eigenvalue weighted by Crippen LogP contribution is -2.10. The van der Waals surface area contributed by atoms with Crippen molar-refractivity contribution in [3.05, 3.63) is 5.82 Å². The van der Waals surface area contributed by atoms with Crippen LogP contribution in [-0.4, -0.2) is 26.8 Å². The van der Waals surface area contributed by atoms with Gasteiger partial charge in [-0.1, -0.05) is 6.92 Å². The van der Waals surface area contributed by atoms with Gasteiger partial charge >= 0.3 is 0 Å². The molecule has 90 valence electrons. The SMILES string of the molecule is CC1CCC(c2nnnn2CCCCN)C1. The molecule has 0 aliphatic heterocycles. The molecule has 0 bridgehead atoms. The minimum absolute atomic E-state index is 0.572. The molecule has 1 saturated carbocycles. The van der Waals surface area contributed by atoms with Crippen LogP contribution in [0.3, 0.4) is 0 Å². The van der Waals surface area contributed by atoms with Crippen LogP contribution in [-0.2, 0) is 6.54 Å². The van der Waals surface area contributed by atoms with E-state index in [0.717, 1.165) is 37.7 Å². The van der Waals surface area contributed by atoms with Crippen molar-refractivity contribution in [2.45, 2.75) is 51.5 Å². The van der Waals surface area contributed by atoms with Gasteiger partial charge in [-0.2, -0.15) is 0 Å². The monoisotopic (exact) mass is 223 g/mol. The smallest absolute Gasteiger partial charge is 0.154 e. The van der Waals surface area contributed by atoms with Crippen LogP contribution in [0, 0.1) is 5.92 Å². The molecule has 1 heterocycles. The Bertz CT molecular complexity index is 322. The Hall–Kier alpha value is -0.970. The maximum absolute atomic E-state index is 5.49. The minimum atomic E-state index is 0.572. The van der Waals surface area contributed by atoms with Crippen molar-refractivity contribution in [3.63, 3.8) is 0 Å². The topological polar surface area (TPSA) is 69.6 Å². The lowest BCUT2D eigenvalue weighted by Gasteiger charge is -2.09. The van der Waals surface area contributed by atoms with Crippen LogP contribution in [0.15, 0.2) is 0 Å². The average Bonchev–Trinajstić information content (AvgIpc) is 2.87. The van der Waals surface area contributed by atoms with E-state index in [9.17, 15) is 0 Å². The van der Waals surface area contributed by atoms with E-state index in [1.165, 1.54) is 19.3 Å². The van der Waals surface area contributed by atoms with Gasteiger partial charge in [0.15, 0.2) is 5.82 Å². The normalized spacial score (nSPS) is 25.1. The molecule has 2 unspecified atom stereocenters. The fourth-order valence-corrected chi connectivity index (χ4v) is 2.51. The second-order valence-corrected chi connectivity index (χ2v) is 4.87. The number of aromatic nitrogens is 4. The molecule has 1 aromatic rings. The van der Waals surface area contributed by atoms with Gasteiger partial charge in [-0.3, -0.25) is 0 Å². The summed E-state index contributed by atoms with van der Waals surface area (Å²) in [6, 6.07) is 0. The van der Waals surface area contributed by atoms with E-state index in [1.807, 2.05) is 4.68 Å². The molecular weight excluding hydrogens is 202 g/mol. The summed E-state index contributed by atoms with van der Waals surface area (Å²) in [4.78, 5) is 0. The van der Waals surface area contributed by atoms with Crippen molar-refractivity contribution >= 4 is 0 Å². The van der Waals surface area contributed by atoms with E-state index in [2.05, 4.69) is 22.4 Å². The summed E-state index contributed by atoms with van der Waals surface area (Å²) in [5.41, 5.74) is 5.49. The third-order valence-corrected chi connectivity index (χ3v) is 3.44. The zero-order valence-electron chi connectivity index (χ0n) is 9.97. The van der Waals surface area contributed by atoms with Crippen molar-refractivity contribution in [2.75, 3.05) is 6.54 Å². The molecule has 2 N–H and O–H groups in total. The Labute approximate surface area is 96.4 Å². The van der Waals surface area contributed by atoms with Gasteiger partial charge in [-0.05, 0) is 55.0 Å². The van der Waals surface area contributed by atoms with Crippen molar-refractivity contribution in [3.8, 4) is 0 Å². The molecule has 2 rings (SSSR count). The summed E-state index contributed by atoms with van der Waals surface area (Å²) in [7, 11) is 0. The van der Waals surface area contributed by atoms with Crippen LogP contribution in [0.2, 0.25) is 0 Å². The number of nitrogens with zero attached hydrogens (tertiary/aromatic N) is 4. The third-order valence-electron chi connectivity index (χ3n) is 3.44. The van der Waals surface area contributed by atoms with Crippen LogP contribution in [0.4, 0.5) is 0 Å². The first kappa shape index (κ1) is 11.5. The van der Waals surface area contributed by atoms with Gasteiger partial charge in [0.2, 0.25) is 0 Å². The van der Waals surface area contributed by atoms with Gasteiger partial charge in [-0.25, -0.2) is 4.68 Å². The van der Waals surface area contributed by atoms with E-state index >= 15 is 0 Å². The molecule has 0 aromatic carbocycles. The fraction of sp³-hybridized carbons (Fsp3) is 0.909. The summed E-state index contributed by atoms with van der Waals surface area (Å²) >= 11 is 0. The molecule has 1 fully saturated rings. The fourth-order valence-electron chi connectivity index (χ4n) is 2.51. The highest BCUT2D eigenvalue weighted by Crippen LogP contribution is 2.36. The van der Waals surface area contributed by atoms with Crippen LogP contribution in [0.1, 0.15) is 50.8 Å². The third kappa shape index (κ3) is 2.58. The van der Waals surface area contributed by atoms with E-state index in [4.69, 9.17) is 5.73 Å². The first-order valence-electron chi connectivity index (χ1n) is 6.27. The van der Waals surface area contributed by atoms with E-state index in [-0.39, 0.29) is 0 Å². The number of tetrazole rings is 1. The van der Waals surface area contributed by atoms with Crippen LogP contribution in [0.25, 0.3) is 0 Å². The van der Waals surface area contributed by atoms with Crippen LogP contribution < -0.4 is 5.73 Å². The van der Waals surface area contributed by atoms with Crippen molar-refractivity contribution in [1.82, 2.24) is 20.2 Å². The van der Waals surface area contributed by atoms with E-state index < -0.39 is 0 Å². The molecule has 1 aromatic heterocycles. The van der Waals surface area contributed by atoms with Crippen molar-refractivity contribution in [1.29, 1.82) is 0 Å². The Morgan fingerprint density at radius 3 is 2.94 bits per heavy atom. The first-order chi connectivity index (χ1) is 7.81. The highest BCUT2D eigenvalue weighted by molar-refractivity contribution is 4.97. The summed E-state index contributed by atoms with van der Waals surface area (Å²) in [6.07, 6.45) is 5.88. The number of hydrogen-bond donors (Lipinski definition) is 1. The molecule has 0 saturated heterocycles. The summed E-state index contributed by atoms with van der Waals surface area (Å²) in [5.74, 6) is 2.48. The van der Waals surface area contributed by atoms with E-state index in [1.54, 1.807) is 0 Å². The Morgan fingerprint density at radius 2 is 2.25 bits per heavy atom. The van der Waals surface area contributed by atoms with E-state index in [0.29, 0.717) is 5.92 Å². The number of hydrogen-bond acceptors (Lipinski definition) is 4. The second-order valence-electron chi connectivity index (χ2n) is 4.87. The Kier molecular flexibility index (Phi) is 3.88. The number of rotatable bonds is 5. The maximum atomic E-state index is 5.49. The quantitative estimate of drug-likeness (QED) is 0.764. The molecule has 0 amide bonds. The average molecular weight is 223 g/mol. The van der Waals surface area contributed by atoms with Gasteiger partial charge < -0.3 is 5.73 Å². The first-order valence-corrected chi connectivity index (χ1v) is 6.27. The van der Waals surface area contributed by atoms with Crippen molar-refractivity contribution in [2.24, 2.45) is 11.7 Å². The molecule has 5 heteroatoms. The molecule has 1 aliphatic rings. The molecular formula is C11H21N5. The summed E-state index contributed by atoms with van der Waals surface area (Å²) in [5, 5.41) is 12.1. The van der Waals surface area contributed by atoms with Crippen molar-refractivity contribution < 1.29 is 0 Å². The van der Waals surface area contributed by atoms with Crippen LogP contribution >= 0.6 is 0 Å². The predicted molar refractivity (Wildman–Crippen MR) is 61.9 cm³/mol.